The van der Waals surface area contributed by atoms with Gasteiger partial charge in [-0.1, -0.05) is 29.8 Å². The number of likely N-dealkylation sites (N-methyl/N-ethyl adjacent to an activating group) is 1. The minimum atomic E-state index is 0.536. The van der Waals surface area contributed by atoms with E-state index in [1.807, 2.05) is 31.6 Å². The molecule has 0 atom stereocenters. The van der Waals surface area contributed by atoms with Crippen LogP contribution >= 0.6 is 0 Å². The van der Waals surface area contributed by atoms with Crippen LogP contribution < -0.4 is 10.2 Å². The number of anilines is 2. The second-order valence-electron chi connectivity index (χ2n) is 6.00. The first-order valence-corrected chi connectivity index (χ1v) is 8.30. The zero-order chi connectivity index (χ0) is 17.5. The Morgan fingerprint density at radius 3 is 2.52 bits per heavy atom. The Labute approximate surface area is 148 Å². The molecule has 0 radical (unpaired) electrons. The van der Waals surface area contributed by atoms with Crippen molar-refractivity contribution in [3.05, 3.63) is 71.7 Å². The fourth-order valence-electron chi connectivity index (χ4n) is 2.40. The van der Waals surface area contributed by atoms with Crippen molar-refractivity contribution in [1.29, 1.82) is 0 Å². The highest BCUT2D eigenvalue weighted by atomic mass is 15.3. The Bertz CT molecular complexity index is 789. The lowest BCUT2D eigenvalue weighted by Crippen LogP contribution is -2.22. The molecule has 1 aromatic carbocycles. The van der Waals surface area contributed by atoms with E-state index >= 15 is 0 Å². The summed E-state index contributed by atoms with van der Waals surface area (Å²) in [7, 11) is 2.01. The largest absolute Gasteiger partial charge is 0.358 e. The Kier molecular flexibility index (Phi) is 5.51. The molecular formula is C19H22N6. The molecule has 3 aromatic rings. The summed E-state index contributed by atoms with van der Waals surface area (Å²) in [4.78, 5) is 10.7. The van der Waals surface area contributed by atoms with E-state index in [1.165, 1.54) is 16.7 Å². The summed E-state index contributed by atoms with van der Waals surface area (Å²) in [5, 5.41) is 11.4. The molecule has 0 saturated heterocycles. The Morgan fingerprint density at radius 1 is 1.00 bits per heavy atom. The third kappa shape index (κ3) is 4.97. The predicted octanol–water partition coefficient (Wildman–Crippen LogP) is 2.87. The summed E-state index contributed by atoms with van der Waals surface area (Å²) < 4.78 is 0. The second-order valence-corrected chi connectivity index (χ2v) is 6.00. The van der Waals surface area contributed by atoms with Crippen molar-refractivity contribution in [1.82, 2.24) is 20.2 Å². The van der Waals surface area contributed by atoms with Gasteiger partial charge in [-0.25, -0.2) is 0 Å². The quantitative estimate of drug-likeness (QED) is 0.717. The van der Waals surface area contributed by atoms with E-state index in [0.29, 0.717) is 12.5 Å². The SMILES string of the molecule is Cc1ccc(CNc2nncc(N(C)CCc3ccncc3)n2)cc1. The number of benzene rings is 1. The monoisotopic (exact) mass is 334 g/mol. The second kappa shape index (κ2) is 8.19. The van der Waals surface area contributed by atoms with Gasteiger partial charge in [-0.05, 0) is 36.6 Å². The first-order chi connectivity index (χ1) is 12.2. The van der Waals surface area contributed by atoms with Gasteiger partial charge in [0, 0.05) is 32.5 Å². The molecule has 1 N–H and O–H groups in total. The van der Waals surface area contributed by atoms with Crippen molar-refractivity contribution in [2.75, 3.05) is 23.8 Å². The van der Waals surface area contributed by atoms with Gasteiger partial charge in [0.15, 0.2) is 5.82 Å². The van der Waals surface area contributed by atoms with Crippen LogP contribution in [0.3, 0.4) is 0 Å². The third-order valence-electron chi connectivity index (χ3n) is 3.99. The van der Waals surface area contributed by atoms with Crippen LogP contribution in [0.5, 0.6) is 0 Å². The minimum Gasteiger partial charge on any atom is -0.358 e. The predicted molar refractivity (Wildman–Crippen MR) is 99.5 cm³/mol. The smallest absolute Gasteiger partial charge is 0.244 e. The number of pyridine rings is 1. The van der Waals surface area contributed by atoms with Gasteiger partial charge in [-0.3, -0.25) is 4.98 Å². The number of nitrogens with zero attached hydrogens (tertiary/aromatic N) is 5. The summed E-state index contributed by atoms with van der Waals surface area (Å²) in [5.74, 6) is 1.34. The van der Waals surface area contributed by atoms with Crippen LogP contribution in [-0.4, -0.2) is 33.8 Å². The highest BCUT2D eigenvalue weighted by Gasteiger charge is 2.06. The Hall–Kier alpha value is -3.02. The number of hydrogen-bond acceptors (Lipinski definition) is 6. The van der Waals surface area contributed by atoms with E-state index in [9.17, 15) is 0 Å². The molecule has 25 heavy (non-hydrogen) atoms. The molecule has 3 rings (SSSR count). The van der Waals surface area contributed by atoms with Crippen molar-refractivity contribution in [3.8, 4) is 0 Å². The first kappa shape index (κ1) is 16.8. The van der Waals surface area contributed by atoms with Gasteiger partial charge < -0.3 is 10.2 Å². The van der Waals surface area contributed by atoms with Gasteiger partial charge in [0.25, 0.3) is 0 Å². The standard InChI is InChI=1S/C19H22N6/c1-15-3-5-17(6-4-15)13-21-19-23-18(14-22-24-19)25(2)12-9-16-7-10-20-11-8-16/h3-8,10-11,14H,9,12-13H2,1-2H3,(H,21,23,24). The van der Waals surface area contributed by atoms with Gasteiger partial charge in [0.1, 0.15) is 0 Å². The minimum absolute atomic E-state index is 0.536. The molecule has 128 valence electrons. The molecular weight excluding hydrogens is 312 g/mol. The molecule has 0 amide bonds. The van der Waals surface area contributed by atoms with E-state index in [-0.39, 0.29) is 0 Å². The molecule has 0 fully saturated rings. The molecule has 0 spiro atoms. The lowest BCUT2D eigenvalue weighted by Gasteiger charge is -2.18. The van der Waals surface area contributed by atoms with E-state index in [1.54, 1.807) is 6.20 Å². The van der Waals surface area contributed by atoms with E-state index in [4.69, 9.17) is 0 Å². The van der Waals surface area contributed by atoms with Gasteiger partial charge >= 0.3 is 0 Å². The molecule has 0 saturated carbocycles. The van der Waals surface area contributed by atoms with Gasteiger partial charge in [0.05, 0.1) is 6.20 Å². The van der Waals surface area contributed by atoms with Gasteiger partial charge in [0.2, 0.25) is 5.95 Å². The number of aryl methyl sites for hydroxylation is 1. The molecule has 6 nitrogen and oxygen atoms in total. The van der Waals surface area contributed by atoms with Crippen molar-refractivity contribution >= 4 is 11.8 Å². The summed E-state index contributed by atoms with van der Waals surface area (Å²) in [6.45, 7) is 3.60. The lowest BCUT2D eigenvalue weighted by atomic mass is 10.1. The summed E-state index contributed by atoms with van der Waals surface area (Å²) in [6, 6.07) is 12.4. The van der Waals surface area contributed by atoms with Gasteiger partial charge in [-0.2, -0.15) is 10.1 Å². The molecule has 0 aliphatic heterocycles. The number of nitrogens with one attached hydrogen (secondary N) is 1. The first-order valence-electron chi connectivity index (χ1n) is 8.30. The highest BCUT2D eigenvalue weighted by Crippen LogP contribution is 2.11. The molecule has 6 heteroatoms. The zero-order valence-electron chi connectivity index (χ0n) is 14.6. The number of hydrogen-bond donors (Lipinski definition) is 1. The fourth-order valence-corrected chi connectivity index (χ4v) is 2.40. The number of aromatic nitrogens is 4. The maximum atomic E-state index is 4.55. The van der Waals surface area contributed by atoms with Crippen molar-refractivity contribution in [2.24, 2.45) is 0 Å². The molecule has 0 aliphatic carbocycles. The highest BCUT2D eigenvalue weighted by molar-refractivity contribution is 5.40. The van der Waals surface area contributed by atoms with Gasteiger partial charge in [-0.15, -0.1) is 5.10 Å². The molecule has 0 unspecified atom stereocenters. The van der Waals surface area contributed by atoms with Crippen molar-refractivity contribution in [2.45, 2.75) is 19.9 Å². The van der Waals surface area contributed by atoms with Crippen LogP contribution in [0.2, 0.25) is 0 Å². The van der Waals surface area contributed by atoms with Crippen molar-refractivity contribution in [3.63, 3.8) is 0 Å². The molecule has 0 aliphatic rings. The van der Waals surface area contributed by atoms with E-state index in [0.717, 1.165) is 18.8 Å². The maximum Gasteiger partial charge on any atom is 0.244 e. The van der Waals surface area contributed by atoms with Crippen LogP contribution in [0.4, 0.5) is 11.8 Å². The van der Waals surface area contributed by atoms with Crippen LogP contribution in [-0.2, 0) is 13.0 Å². The van der Waals surface area contributed by atoms with E-state index < -0.39 is 0 Å². The van der Waals surface area contributed by atoms with Crippen molar-refractivity contribution < 1.29 is 0 Å². The van der Waals surface area contributed by atoms with Crippen LogP contribution in [0.15, 0.2) is 55.0 Å². The molecule has 2 aromatic heterocycles. The summed E-state index contributed by atoms with van der Waals surface area (Å²) in [5.41, 5.74) is 3.69. The maximum absolute atomic E-state index is 4.55. The number of rotatable bonds is 7. The summed E-state index contributed by atoms with van der Waals surface area (Å²) >= 11 is 0. The van der Waals surface area contributed by atoms with Crippen LogP contribution in [0.25, 0.3) is 0 Å². The van der Waals surface area contributed by atoms with Crippen LogP contribution in [0.1, 0.15) is 16.7 Å². The molecule has 0 bridgehead atoms. The Morgan fingerprint density at radius 2 is 1.76 bits per heavy atom. The van der Waals surface area contributed by atoms with E-state index in [2.05, 4.69) is 61.6 Å². The topological polar surface area (TPSA) is 66.8 Å². The zero-order valence-corrected chi connectivity index (χ0v) is 14.6. The van der Waals surface area contributed by atoms with Crippen LogP contribution in [0, 0.1) is 6.92 Å². The third-order valence-corrected chi connectivity index (χ3v) is 3.99. The Balaban J connectivity index is 1.57. The summed E-state index contributed by atoms with van der Waals surface area (Å²) in [6.07, 6.45) is 6.24. The average molecular weight is 334 g/mol. The molecule has 2 heterocycles. The average Bonchev–Trinajstić information content (AvgIpc) is 2.67. The lowest BCUT2D eigenvalue weighted by molar-refractivity contribution is 0.835. The normalized spacial score (nSPS) is 10.5. The fraction of sp³-hybridized carbons (Fsp3) is 0.263.